The topological polar surface area (TPSA) is 26.3 Å². The van der Waals surface area contributed by atoms with Gasteiger partial charge in [0.25, 0.3) is 0 Å². The molecule has 2 heterocycles. The fourth-order valence-corrected chi connectivity index (χ4v) is 9.32. The molecular formula is C47H32O2. The fourth-order valence-electron chi connectivity index (χ4n) is 9.32. The van der Waals surface area contributed by atoms with Crippen LogP contribution in [0.2, 0.25) is 0 Å². The van der Waals surface area contributed by atoms with Gasteiger partial charge in [0.05, 0.1) is 0 Å². The fraction of sp³-hybridized carbons (Fsp3) is 0.106. The molecule has 49 heavy (non-hydrogen) atoms. The van der Waals surface area contributed by atoms with Gasteiger partial charge in [-0.15, -0.1) is 0 Å². The van der Waals surface area contributed by atoms with Crippen LogP contribution in [0.15, 0.2) is 148 Å². The van der Waals surface area contributed by atoms with Crippen molar-refractivity contribution < 1.29 is 8.83 Å². The van der Waals surface area contributed by atoms with E-state index in [9.17, 15) is 0 Å². The Bertz CT molecular complexity index is 2840. The molecule has 0 radical (unpaired) electrons. The molecule has 0 saturated carbocycles. The zero-order chi connectivity index (χ0) is 32.2. The molecule has 3 unspecified atom stereocenters. The van der Waals surface area contributed by atoms with Crippen molar-refractivity contribution in [2.45, 2.75) is 25.2 Å². The van der Waals surface area contributed by atoms with Crippen molar-refractivity contribution in [2.24, 2.45) is 5.92 Å². The molecule has 2 heteroatoms. The van der Waals surface area contributed by atoms with Crippen LogP contribution in [0.1, 0.15) is 46.6 Å². The average Bonchev–Trinajstić information content (AvgIpc) is 3.71. The standard InChI is InChI=1S/C47H32O2/c1-27-32-14-5-4-13-30(32)23-40(34-17-10-20-44-47(34)35-16-7-9-19-43(35)48-44)46(27)41-24-31-25-45-39(33-15-6-8-18-42(33)49-45)26-36(31)37-21-28-11-2-3-12-29(28)22-38(37)41/h2-23,25-27,41,46H,24H2,1H3. The second-order valence-electron chi connectivity index (χ2n) is 14.0. The van der Waals surface area contributed by atoms with Crippen molar-refractivity contribution in [3.63, 3.8) is 0 Å². The molecule has 2 nitrogen and oxygen atoms in total. The average molecular weight is 629 g/mol. The predicted molar refractivity (Wildman–Crippen MR) is 203 cm³/mol. The first kappa shape index (κ1) is 27.1. The highest BCUT2D eigenvalue weighted by molar-refractivity contribution is 6.12. The van der Waals surface area contributed by atoms with Crippen LogP contribution in [-0.4, -0.2) is 0 Å². The van der Waals surface area contributed by atoms with Crippen LogP contribution in [0.3, 0.4) is 0 Å². The van der Waals surface area contributed by atoms with E-state index in [0.29, 0.717) is 5.92 Å². The van der Waals surface area contributed by atoms with E-state index in [4.69, 9.17) is 8.83 Å². The van der Waals surface area contributed by atoms with Crippen molar-refractivity contribution in [3.05, 3.63) is 167 Å². The van der Waals surface area contributed by atoms with Gasteiger partial charge >= 0.3 is 0 Å². The highest BCUT2D eigenvalue weighted by atomic mass is 16.3. The number of para-hydroxylation sites is 2. The maximum absolute atomic E-state index is 6.47. The lowest BCUT2D eigenvalue weighted by molar-refractivity contribution is 0.446. The second kappa shape index (κ2) is 10.1. The summed E-state index contributed by atoms with van der Waals surface area (Å²) in [5, 5.41) is 7.31. The van der Waals surface area contributed by atoms with Gasteiger partial charge in [0, 0.05) is 21.5 Å². The summed E-state index contributed by atoms with van der Waals surface area (Å²) in [6.45, 7) is 2.45. The van der Waals surface area contributed by atoms with E-state index in [1.165, 1.54) is 76.8 Å². The van der Waals surface area contributed by atoms with Crippen molar-refractivity contribution >= 4 is 66.3 Å². The van der Waals surface area contributed by atoms with Gasteiger partial charge in [-0.05, 0) is 116 Å². The lowest BCUT2D eigenvalue weighted by Crippen LogP contribution is -2.27. The predicted octanol–water partition coefficient (Wildman–Crippen LogP) is 12.9. The lowest BCUT2D eigenvalue weighted by atomic mass is 9.62. The van der Waals surface area contributed by atoms with Gasteiger partial charge in [-0.2, -0.15) is 0 Å². The number of hydrogen-bond acceptors (Lipinski definition) is 2. The van der Waals surface area contributed by atoms with Crippen molar-refractivity contribution in [2.75, 3.05) is 0 Å². The van der Waals surface area contributed by atoms with Gasteiger partial charge in [0.15, 0.2) is 0 Å². The maximum atomic E-state index is 6.47. The molecule has 3 atom stereocenters. The Morgan fingerprint density at radius 3 is 2.08 bits per heavy atom. The molecule has 0 amide bonds. The van der Waals surface area contributed by atoms with Crippen LogP contribution in [-0.2, 0) is 6.42 Å². The van der Waals surface area contributed by atoms with Gasteiger partial charge in [-0.3, -0.25) is 0 Å². The third-order valence-electron chi connectivity index (χ3n) is 11.5. The summed E-state index contributed by atoms with van der Waals surface area (Å²) in [6.07, 6.45) is 3.42. The Morgan fingerprint density at radius 2 is 1.20 bits per heavy atom. The van der Waals surface area contributed by atoms with E-state index in [0.717, 1.165) is 28.8 Å². The van der Waals surface area contributed by atoms with Gasteiger partial charge in [-0.1, -0.05) is 116 Å². The summed E-state index contributed by atoms with van der Waals surface area (Å²) < 4.78 is 12.9. The molecule has 2 aliphatic carbocycles. The summed E-state index contributed by atoms with van der Waals surface area (Å²) in [5.41, 5.74) is 14.6. The molecular weight excluding hydrogens is 597 g/mol. The van der Waals surface area contributed by atoms with Gasteiger partial charge in [0.1, 0.15) is 22.3 Å². The molecule has 0 bridgehead atoms. The molecule has 232 valence electrons. The Labute approximate surface area is 283 Å². The second-order valence-corrected chi connectivity index (χ2v) is 14.0. The van der Waals surface area contributed by atoms with Crippen molar-refractivity contribution in [1.29, 1.82) is 0 Å². The molecule has 0 aliphatic heterocycles. The summed E-state index contributed by atoms with van der Waals surface area (Å²) in [6, 6.07) is 51.0. The van der Waals surface area contributed by atoms with E-state index in [1.54, 1.807) is 0 Å². The van der Waals surface area contributed by atoms with Crippen LogP contribution in [0, 0.1) is 5.92 Å². The Balaban J connectivity index is 1.19. The smallest absolute Gasteiger partial charge is 0.136 e. The van der Waals surface area contributed by atoms with Crippen LogP contribution in [0.25, 0.3) is 77.4 Å². The summed E-state index contributed by atoms with van der Waals surface area (Å²) in [4.78, 5) is 0. The molecule has 0 fully saturated rings. The SMILES string of the molecule is CC1c2ccccc2C=C(c2cccc3oc4ccccc4c23)C1C1Cc2cc3oc4ccccc4c3cc2-c2cc3ccccc3cc21. The third kappa shape index (κ3) is 3.89. The minimum atomic E-state index is 0.230. The third-order valence-corrected chi connectivity index (χ3v) is 11.5. The first-order valence-electron chi connectivity index (χ1n) is 17.4. The van der Waals surface area contributed by atoms with Crippen LogP contribution in [0.4, 0.5) is 0 Å². The summed E-state index contributed by atoms with van der Waals surface area (Å²) >= 11 is 0. The van der Waals surface area contributed by atoms with Crippen LogP contribution in [0.5, 0.6) is 0 Å². The monoisotopic (exact) mass is 628 g/mol. The minimum absolute atomic E-state index is 0.230. The van der Waals surface area contributed by atoms with Crippen molar-refractivity contribution in [1.82, 2.24) is 0 Å². The maximum Gasteiger partial charge on any atom is 0.136 e. The van der Waals surface area contributed by atoms with E-state index >= 15 is 0 Å². The zero-order valence-corrected chi connectivity index (χ0v) is 27.1. The highest BCUT2D eigenvalue weighted by Crippen LogP contribution is 2.56. The van der Waals surface area contributed by atoms with Gasteiger partial charge in [0.2, 0.25) is 0 Å². The Kier molecular flexibility index (Phi) is 5.58. The van der Waals surface area contributed by atoms with E-state index in [2.05, 4.69) is 153 Å². The quantitative estimate of drug-likeness (QED) is 0.190. The van der Waals surface area contributed by atoms with Crippen LogP contribution < -0.4 is 0 Å². The first-order valence-corrected chi connectivity index (χ1v) is 17.4. The number of rotatable bonds is 2. The molecule has 0 spiro atoms. The van der Waals surface area contributed by atoms with E-state index in [-0.39, 0.29) is 11.8 Å². The number of hydrogen-bond donors (Lipinski definition) is 0. The van der Waals surface area contributed by atoms with Gasteiger partial charge in [-0.25, -0.2) is 0 Å². The molecule has 0 saturated heterocycles. The molecule has 11 rings (SSSR count). The Hall–Kier alpha value is -5.86. The molecule has 2 aromatic heterocycles. The molecule has 9 aromatic rings. The lowest BCUT2D eigenvalue weighted by Gasteiger charge is -2.41. The number of allylic oxidation sites excluding steroid dienone is 1. The van der Waals surface area contributed by atoms with Crippen LogP contribution >= 0.6 is 0 Å². The molecule has 2 aliphatic rings. The number of benzene rings is 7. The summed E-state index contributed by atoms with van der Waals surface area (Å²) in [7, 11) is 0. The van der Waals surface area contributed by atoms with Gasteiger partial charge < -0.3 is 8.83 Å². The normalized spacial score (nSPS) is 18.6. The highest BCUT2D eigenvalue weighted by Gasteiger charge is 2.40. The summed E-state index contributed by atoms with van der Waals surface area (Å²) in [5.74, 6) is 0.774. The Morgan fingerprint density at radius 1 is 0.510 bits per heavy atom. The first-order chi connectivity index (χ1) is 24.2. The zero-order valence-electron chi connectivity index (χ0n) is 27.1. The van der Waals surface area contributed by atoms with E-state index < -0.39 is 0 Å². The number of furan rings is 2. The largest absolute Gasteiger partial charge is 0.456 e. The number of fused-ring (bicyclic) bond motifs is 11. The van der Waals surface area contributed by atoms with Crippen molar-refractivity contribution in [3.8, 4) is 11.1 Å². The molecule has 0 N–H and O–H groups in total. The minimum Gasteiger partial charge on any atom is -0.456 e. The molecule has 7 aromatic carbocycles. The van der Waals surface area contributed by atoms with E-state index in [1.807, 2.05) is 0 Å².